The van der Waals surface area contributed by atoms with E-state index in [2.05, 4.69) is 10.6 Å². The highest BCUT2D eigenvalue weighted by Gasteiger charge is 2.29. The van der Waals surface area contributed by atoms with Crippen LogP contribution in [0, 0.1) is 0 Å². The Kier molecular flexibility index (Phi) is 5.68. The quantitative estimate of drug-likeness (QED) is 0.873. The first-order valence-electron chi connectivity index (χ1n) is 7.19. The molecule has 0 aliphatic carbocycles. The summed E-state index contributed by atoms with van der Waals surface area (Å²) in [5.41, 5.74) is 0.743. The summed E-state index contributed by atoms with van der Waals surface area (Å²) in [6, 6.07) is 11.5. The third kappa shape index (κ3) is 5.19. The molecule has 0 saturated heterocycles. The minimum Gasteiger partial charge on any atom is -0.497 e. The SMILES string of the molecule is COc1cccc(CNC(=O)NCc2ccc(C(F)(F)F)cc2)c1. The fourth-order valence-electron chi connectivity index (χ4n) is 2.02. The molecule has 4 nitrogen and oxygen atoms in total. The molecule has 0 unspecified atom stereocenters. The maximum atomic E-state index is 12.5. The van der Waals surface area contributed by atoms with E-state index in [1.807, 2.05) is 12.1 Å². The second kappa shape index (κ2) is 7.72. The number of benzene rings is 2. The highest BCUT2D eigenvalue weighted by molar-refractivity contribution is 5.73. The van der Waals surface area contributed by atoms with Gasteiger partial charge in [0.05, 0.1) is 12.7 Å². The van der Waals surface area contributed by atoms with Gasteiger partial charge in [0.25, 0.3) is 0 Å². The Hall–Kier alpha value is -2.70. The van der Waals surface area contributed by atoms with Gasteiger partial charge in [0.1, 0.15) is 5.75 Å². The molecule has 7 heteroatoms. The van der Waals surface area contributed by atoms with E-state index in [1.165, 1.54) is 12.1 Å². The molecule has 128 valence electrons. The summed E-state index contributed by atoms with van der Waals surface area (Å²) in [6.45, 7) is 0.456. The molecule has 0 aliphatic heterocycles. The van der Waals surface area contributed by atoms with Crippen LogP contribution in [-0.4, -0.2) is 13.1 Å². The molecule has 0 saturated carbocycles. The molecule has 2 rings (SSSR count). The van der Waals surface area contributed by atoms with E-state index >= 15 is 0 Å². The van der Waals surface area contributed by atoms with Gasteiger partial charge in [0.15, 0.2) is 0 Å². The van der Waals surface area contributed by atoms with Crippen LogP contribution in [0.4, 0.5) is 18.0 Å². The number of nitrogens with one attached hydrogen (secondary N) is 2. The number of hydrogen-bond donors (Lipinski definition) is 2. The number of carbonyl (C=O) groups is 1. The van der Waals surface area contributed by atoms with Crippen molar-refractivity contribution >= 4 is 6.03 Å². The molecule has 2 N–H and O–H groups in total. The van der Waals surface area contributed by atoms with Gasteiger partial charge in [-0.2, -0.15) is 13.2 Å². The molecule has 0 aliphatic rings. The van der Waals surface area contributed by atoms with Crippen molar-refractivity contribution in [1.82, 2.24) is 10.6 Å². The third-order valence-corrected chi connectivity index (χ3v) is 3.32. The van der Waals surface area contributed by atoms with Crippen LogP contribution in [0.1, 0.15) is 16.7 Å². The van der Waals surface area contributed by atoms with E-state index in [4.69, 9.17) is 4.74 Å². The maximum Gasteiger partial charge on any atom is 0.416 e. The first-order chi connectivity index (χ1) is 11.4. The van der Waals surface area contributed by atoms with Crippen molar-refractivity contribution in [1.29, 1.82) is 0 Å². The van der Waals surface area contributed by atoms with Gasteiger partial charge < -0.3 is 15.4 Å². The number of methoxy groups -OCH3 is 1. The molecule has 0 atom stereocenters. The number of hydrogen-bond acceptors (Lipinski definition) is 2. The molecule has 0 spiro atoms. The lowest BCUT2D eigenvalue weighted by Crippen LogP contribution is -2.34. The average molecular weight is 338 g/mol. The first-order valence-corrected chi connectivity index (χ1v) is 7.19. The van der Waals surface area contributed by atoms with Crippen molar-refractivity contribution < 1.29 is 22.7 Å². The minimum absolute atomic E-state index is 0.141. The highest BCUT2D eigenvalue weighted by atomic mass is 19.4. The molecule has 0 aromatic heterocycles. The number of ether oxygens (including phenoxy) is 1. The van der Waals surface area contributed by atoms with Gasteiger partial charge in [-0.25, -0.2) is 4.79 Å². The molecule has 0 radical (unpaired) electrons. The summed E-state index contributed by atoms with van der Waals surface area (Å²) in [5.74, 6) is 0.694. The van der Waals surface area contributed by atoms with Gasteiger partial charge in [-0.3, -0.25) is 0 Å². The highest BCUT2D eigenvalue weighted by Crippen LogP contribution is 2.29. The largest absolute Gasteiger partial charge is 0.497 e. The van der Waals surface area contributed by atoms with Crippen LogP contribution in [0.15, 0.2) is 48.5 Å². The lowest BCUT2D eigenvalue weighted by molar-refractivity contribution is -0.137. The van der Waals surface area contributed by atoms with Crippen molar-refractivity contribution in [3.8, 4) is 5.75 Å². The molecular formula is C17H17F3N2O2. The lowest BCUT2D eigenvalue weighted by Gasteiger charge is -2.10. The predicted octanol–water partition coefficient (Wildman–Crippen LogP) is 3.71. The van der Waals surface area contributed by atoms with Gasteiger partial charge in [-0.05, 0) is 35.4 Å². The van der Waals surface area contributed by atoms with Gasteiger partial charge >= 0.3 is 12.2 Å². The first kappa shape index (κ1) is 17.7. The third-order valence-electron chi connectivity index (χ3n) is 3.32. The zero-order chi connectivity index (χ0) is 17.6. The summed E-state index contributed by atoms with van der Waals surface area (Å²) < 4.78 is 42.5. The zero-order valence-electron chi connectivity index (χ0n) is 13.0. The molecule has 0 fully saturated rings. The van der Waals surface area contributed by atoms with Gasteiger partial charge in [0, 0.05) is 13.1 Å². The summed E-state index contributed by atoms with van der Waals surface area (Å²) in [5, 5.41) is 5.26. The van der Waals surface area contributed by atoms with E-state index in [-0.39, 0.29) is 6.54 Å². The standard InChI is InChI=1S/C17H17F3N2O2/c1-24-15-4-2-3-13(9-15)11-22-16(23)21-10-12-5-7-14(8-6-12)17(18,19)20/h2-9H,10-11H2,1H3,(H2,21,22,23). The van der Waals surface area contributed by atoms with Crippen LogP contribution < -0.4 is 15.4 Å². The van der Waals surface area contributed by atoms with Crippen LogP contribution in [0.2, 0.25) is 0 Å². The van der Waals surface area contributed by atoms with Crippen LogP contribution in [-0.2, 0) is 19.3 Å². The number of carbonyl (C=O) groups excluding carboxylic acids is 1. The molecular weight excluding hydrogens is 321 g/mol. The number of amides is 2. The maximum absolute atomic E-state index is 12.5. The second-order valence-corrected chi connectivity index (χ2v) is 5.08. The fourth-order valence-corrected chi connectivity index (χ4v) is 2.02. The fraction of sp³-hybridized carbons (Fsp3) is 0.235. The lowest BCUT2D eigenvalue weighted by atomic mass is 10.1. The Morgan fingerprint density at radius 3 is 2.21 bits per heavy atom. The molecule has 24 heavy (non-hydrogen) atoms. The number of alkyl halides is 3. The van der Waals surface area contributed by atoms with Crippen molar-refractivity contribution in [2.75, 3.05) is 7.11 Å². The summed E-state index contributed by atoms with van der Waals surface area (Å²) >= 11 is 0. The number of urea groups is 1. The molecule has 0 bridgehead atoms. The van der Waals surface area contributed by atoms with Gasteiger partial charge in [-0.1, -0.05) is 24.3 Å². The Morgan fingerprint density at radius 1 is 1.00 bits per heavy atom. The van der Waals surface area contributed by atoms with E-state index in [9.17, 15) is 18.0 Å². The predicted molar refractivity (Wildman–Crippen MR) is 83.5 cm³/mol. The zero-order valence-corrected chi connectivity index (χ0v) is 13.0. The normalized spacial score (nSPS) is 11.0. The van der Waals surface area contributed by atoms with Crippen LogP contribution in [0.25, 0.3) is 0 Å². The summed E-state index contributed by atoms with van der Waals surface area (Å²) in [6.07, 6.45) is -4.36. The van der Waals surface area contributed by atoms with Gasteiger partial charge in [-0.15, -0.1) is 0 Å². The van der Waals surface area contributed by atoms with E-state index < -0.39 is 17.8 Å². The second-order valence-electron chi connectivity index (χ2n) is 5.08. The van der Waals surface area contributed by atoms with E-state index in [0.29, 0.717) is 17.9 Å². The number of halogens is 3. The Labute approximate surface area is 137 Å². The van der Waals surface area contributed by atoms with Crippen LogP contribution in [0.5, 0.6) is 5.75 Å². The van der Waals surface area contributed by atoms with Crippen LogP contribution >= 0.6 is 0 Å². The Morgan fingerprint density at radius 2 is 1.62 bits per heavy atom. The van der Waals surface area contributed by atoms with Crippen LogP contribution in [0.3, 0.4) is 0 Å². The smallest absolute Gasteiger partial charge is 0.416 e. The average Bonchev–Trinajstić information content (AvgIpc) is 2.58. The number of rotatable bonds is 5. The van der Waals surface area contributed by atoms with Crippen molar-refractivity contribution in [2.24, 2.45) is 0 Å². The topological polar surface area (TPSA) is 50.4 Å². The summed E-state index contributed by atoms with van der Waals surface area (Å²) in [4.78, 5) is 11.7. The van der Waals surface area contributed by atoms with Crippen molar-refractivity contribution in [3.05, 3.63) is 65.2 Å². The minimum atomic E-state index is -4.36. The molecule has 2 amide bonds. The molecule has 2 aromatic rings. The van der Waals surface area contributed by atoms with E-state index in [1.54, 1.807) is 19.2 Å². The molecule has 0 heterocycles. The van der Waals surface area contributed by atoms with Gasteiger partial charge in [0.2, 0.25) is 0 Å². The van der Waals surface area contributed by atoms with E-state index in [0.717, 1.165) is 17.7 Å². The Balaban J connectivity index is 1.80. The monoisotopic (exact) mass is 338 g/mol. The molecule has 2 aromatic carbocycles. The Bertz CT molecular complexity index is 685. The summed E-state index contributed by atoms with van der Waals surface area (Å²) in [7, 11) is 1.56. The van der Waals surface area contributed by atoms with Crippen molar-refractivity contribution in [2.45, 2.75) is 19.3 Å². The van der Waals surface area contributed by atoms with Crippen molar-refractivity contribution in [3.63, 3.8) is 0 Å².